The Bertz CT molecular complexity index is 380. The summed E-state index contributed by atoms with van der Waals surface area (Å²) in [5, 5.41) is -0.0782. The molecule has 3 aliphatic rings. The van der Waals surface area contributed by atoms with Crippen molar-refractivity contribution in [3.8, 4) is 0 Å². The van der Waals surface area contributed by atoms with Gasteiger partial charge in [0.2, 0.25) is 10.0 Å². The minimum atomic E-state index is -2.99. The zero-order chi connectivity index (χ0) is 12.6. The smallest absolute Gasteiger partial charge is 0.214 e. The molecule has 0 amide bonds. The lowest BCUT2D eigenvalue weighted by molar-refractivity contribution is 0.145. The fourth-order valence-corrected chi connectivity index (χ4v) is 4.63. The van der Waals surface area contributed by atoms with Gasteiger partial charge in [0, 0.05) is 12.6 Å². The lowest BCUT2D eigenvalue weighted by Crippen LogP contribution is -2.46. The van der Waals surface area contributed by atoms with Crippen molar-refractivity contribution in [3.63, 3.8) is 0 Å². The number of sulfonamides is 1. The van der Waals surface area contributed by atoms with E-state index in [2.05, 4.69) is 9.62 Å². The van der Waals surface area contributed by atoms with Gasteiger partial charge in [-0.3, -0.25) is 0 Å². The second-order valence-electron chi connectivity index (χ2n) is 6.23. The summed E-state index contributed by atoms with van der Waals surface area (Å²) < 4.78 is 26.6. The highest BCUT2D eigenvalue weighted by Crippen LogP contribution is 2.29. The molecule has 5 heteroatoms. The van der Waals surface area contributed by atoms with Gasteiger partial charge < -0.3 is 4.90 Å². The zero-order valence-corrected chi connectivity index (χ0v) is 11.8. The van der Waals surface area contributed by atoms with Crippen LogP contribution in [0.15, 0.2) is 0 Å². The molecule has 1 heterocycles. The van der Waals surface area contributed by atoms with Gasteiger partial charge in [0.15, 0.2) is 0 Å². The van der Waals surface area contributed by atoms with Gasteiger partial charge in [-0.2, -0.15) is 0 Å². The van der Waals surface area contributed by atoms with E-state index >= 15 is 0 Å². The van der Waals surface area contributed by atoms with Crippen LogP contribution in [0.1, 0.15) is 44.9 Å². The van der Waals surface area contributed by atoms with Crippen molar-refractivity contribution in [2.24, 2.45) is 5.92 Å². The number of likely N-dealkylation sites (tertiary alicyclic amines) is 1. The summed E-state index contributed by atoms with van der Waals surface area (Å²) in [6.07, 6.45) is 7.88. The summed E-state index contributed by atoms with van der Waals surface area (Å²) in [5.74, 6) is 0.921. The Balaban J connectivity index is 1.42. The molecule has 0 unspecified atom stereocenters. The van der Waals surface area contributed by atoms with E-state index in [1.165, 1.54) is 25.8 Å². The Labute approximate surface area is 110 Å². The standard InChI is InChI=1S/C13H24N2O2S/c16-18(17,13-4-5-13)14-12-6-8-15(9-7-12)10-11-2-1-3-11/h11-14H,1-10H2. The third-order valence-corrected chi connectivity index (χ3v) is 6.63. The van der Waals surface area contributed by atoms with E-state index in [9.17, 15) is 8.42 Å². The lowest BCUT2D eigenvalue weighted by atomic mass is 9.84. The molecule has 2 aliphatic carbocycles. The minimum absolute atomic E-state index is 0.0782. The van der Waals surface area contributed by atoms with Gasteiger partial charge in [-0.05, 0) is 57.5 Å². The number of nitrogens with zero attached hydrogens (tertiary/aromatic N) is 1. The molecule has 1 saturated heterocycles. The highest BCUT2D eigenvalue weighted by molar-refractivity contribution is 7.90. The van der Waals surface area contributed by atoms with E-state index in [0.717, 1.165) is 44.7 Å². The summed E-state index contributed by atoms with van der Waals surface area (Å²) in [5.41, 5.74) is 0. The molecule has 0 radical (unpaired) electrons. The molecular weight excluding hydrogens is 248 g/mol. The maximum atomic E-state index is 11.9. The molecule has 0 spiro atoms. The molecule has 1 aliphatic heterocycles. The van der Waals surface area contributed by atoms with Gasteiger partial charge >= 0.3 is 0 Å². The van der Waals surface area contributed by atoms with Crippen molar-refractivity contribution in [3.05, 3.63) is 0 Å². The van der Waals surface area contributed by atoms with Crippen molar-refractivity contribution in [1.29, 1.82) is 0 Å². The molecule has 18 heavy (non-hydrogen) atoms. The van der Waals surface area contributed by atoms with Crippen molar-refractivity contribution in [1.82, 2.24) is 9.62 Å². The molecule has 0 atom stereocenters. The summed E-state index contributed by atoms with van der Waals surface area (Å²) in [6.45, 7) is 3.37. The van der Waals surface area contributed by atoms with Gasteiger partial charge in [-0.1, -0.05) is 6.42 Å². The topological polar surface area (TPSA) is 49.4 Å². The van der Waals surface area contributed by atoms with E-state index in [1.807, 2.05) is 0 Å². The second-order valence-corrected chi connectivity index (χ2v) is 8.23. The van der Waals surface area contributed by atoms with Crippen LogP contribution in [0, 0.1) is 5.92 Å². The van der Waals surface area contributed by atoms with Crippen LogP contribution >= 0.6 is 0 Å². The second kappa shape index (κ2) is 5.10. The number of piperidine rings is 1. The third kappa shape index (κ3) is 3.06. The first kappa shape index (κ1) is 12.9. The molecule has 0 bridgehead atoms. The first-order valence-electron chi connectivity index (χ1n) is 7.37. The largest absolute Gasteiger partial charge is 0.303 e. The Hall–Kier alpha value is -0.130. The highest BCUT2D eigenvalue weighted by Gasteiger charge is 2.37. The number of hydrogen-bond donors (Lipinski definition) is 1. The van der Waals surface area contributed by atoms with E-state index in [1.54, 1.807) is 0 Å². The number of nitrogens with one attached hydrogen (secondary N) is 1. The Morgan fingerprint density at radius 3 is 2.17 bits per heavy atom. The molecule has 1 N–H and O–H groups in total. The predicted octanol–water partition coefficient (Wildman–Crippen LogP) is 1.33. The summed E-state index contributed by atoms with van der Waals surface area (Å²) in [6, 6.07) is 0.188. The molecule has 3 fully saturated rings. The fourth-order valence-electron chi connectivity index (χ4n) is 2.98. The van der Waals surface area contributed by atoms with Gasteiger partial charge in [-0.15, -0.1) is 0 Å². The first-order valence-corrected chi connectivity index (χ1v) is 8.91. The van der Waals surface area contributed by atoms with Crippen molar-refractivity contribution in [2.45, 2.75) is 56.2 Å². The summed E-state index contributed by atoms with van der Waals surface area (Å²) in [4.78, 5) is 2.52. The maximum Gasteiger partial charge on any atom is 0.214 e. The van der Waals surface area contributed by atoms with Crippen LogP contribution in [0.3, 0.4) is 0 Å². The fraction of sp³-hybridized carbons (Fsp3) is 1.00. The monoisotopic (exact) mass is 272 g/mol. The van der Waals surface area contributed by atoms with E-state index < -0.39 is 10.0 Å². The third-order valence-electron chi connectivity index (χ3n) is 4.62. The Morgan fingerprint density at radius 1 is 1.00 bits per heavy atom. The molecule has 2 saturated carbocycles. The minimum Gasteiger partial charge on any atom is -0.303 e. The molecule has 0 aromatic carbocycles. The average Bonchev–Trinajstić information content (AvgIpc) is 3.09. The van der Waals surface area contributed by atoms with Crippen LogP contribution in [-0.4, -0.2) is 44.2 Å². The zero-order valence-electron chi connectivity index (χ0n) is 11.0. The van der Waals surface area contributed by atoms with Crippen LogP contribution in [-0.2, 0) is 10.0 Å². The SMILES string of the molecule is O=S(=O)(NC1CCN(CC2CCC2)CC1)C1CC1. The molecule has 4 nitrogen and oxygen atoms in total. The number of hydrogen-bond acceptors (Lipinski definition) is 3. The summed E-state index contributed by atoms with van der Waals surface area (Å²) in [7, 11) is -2.99. The maximum absolute atomic E-state index is 11.9. The highest BCUT2D eigenvalue weighted by atomic mass is 32.2. The lowest BCUT2D eigenvalue weighted by Gasteiger charge is -2.37. The molecule has 3 rings (SSSR count). The average molecular weight is 272 g/mol. The molecule has 0 aromatic heterocycles. The van der Waals surface area contributed by atoms with Crippen molar-refractivity contribution >= 4 is 10.0 Å². The molecule has 0 aromatic rings. The van der Waals surface area contributed by atoms with Crippen LogP contribution in [0.5, 0.6) is 0 Å². The van der Waals surface area contributed by atoms with Crippen LogP contribution in [0.4, 0.5) is 0 Å². The normalized spacial score (nSPS) is 28.2. The van der Waals surface area contributed by atoms with E-state index in [4.69, 9.17) is 0 Å². The number of rotatable bonds is 5. The Kier molecular flexibility index (Phi) is 3.65. The van der Waals surface area contributed by atoms with Crippen molar-refractivity contribution in [2.75, 3.05) is 19.6 Å². The Morgan fingerprint density at radius 2 is 1.67 bits per heavy atom. The summed E-state index contributed by atoms with van der Waals surface area (Å²) >= 11 is 0. The van der Waals surface area contributed by atoms with E-state index in [-0.39, 0.29) is 11.3 Å². The van der Waals surface area contributed by atoms with Gasteiger partial charge in [0.1, 0.15) is 0 Å². The van der Waals surface area contributed by atoms with Crippen LogP contribution in [0.25, 0.3) is 0 Å². The molecular formula is C13H24N2O2S. The van der Waals surface area contributed by atoms with Gasteiger partial charge in [-0.25, -0.2) is 13.1 Å². The quantitative estimate of drug-likeness (QED) is 0.821. The van der Waals surface area contributed by atoms with E-state index in [0.29, 0.717) is 0 Å². The first-order chi connectivity index (χ1) is 8.63. The van der Waals surface area contributed by atoms with Crippen molar-refractivity contribution < 1.29 is 8.42 Å². The van der Waals surface area contributed by atoms with Crippen LogP contribution < -0.4 is 4.72 Å². The molecule has 104 valence electrons. The van der Waals surface area contributed by atoms with Crippen LogP contribution in [0.2, 0.25) is 0 Å². The predicted molar refractivity (Wildman–Crippen MR) is 71.9 cm³/mol. The van der Waals surface area contributed by atoms with Gasteiger partial charge in [0.25, 0.3) is 0 Å². The van der Waals surface area contributed by atoms with Gasteiger partial charge in [0.05, 0.1) is 5.25 Å².